The maximum Gasteiger partial charge on any atom is 0.416 e. The van der Waals surface area contributed by atoms with Gasteiger partial charge in [-0.3, -0.25) is 4.98 Å². The fourth-order valence-electron chi connectivity index (χ4n) is 3.55. The topological polar surface area (TPSA) is 47.9 Å². The van der Waals surface area contributed by atoms with Crippen LogP contribution in [0, 0.1) is 13.8 Å². The summed E-state index contributed by atoms with van der Waals surface area (Å²) in [4.78, 5) is 13.0. The molecule has 0 bridgehead atoms. The molecule has 7 heteroatoms. The van der Waals surface area contributed by atoms with Crippen molar-refractivity contribution in [3.05, 3.63) is 94.9 Å². The van der Waals surface area contributed by atoms with Crippen LogP contribution >= 0.6 is 0 Å². The summed E-state index contributed by atoms with van der Waals surface area (Å²) in [5.41, 5.74) is 2.85. The highest BCUT2D eigenvalue weighted by molar-refractivity contribution is 5.81. The van der Waals surface area contributed by atoms with E-state index in [1.54, 1.807) is 12.3 Å². The summed E-state index contributed by atoms with van der Waals surface area (Å²) in [6, 6.07) is 16.6. The number of rotatable bonds is 5. The van der Waals surface area contributed by atoms with Crippen molar-refractivity contribution in [3.8, 4) is 6.01 Å². The first kappa shape index (κ1) is 20.8. The van der Waals surface area contributed by atoms with Gasteiger partial charge < -0.3 is 4.74 Å². The number of pyridine rings is 1. The third kappa shape index (κ3) is 4.82. The Morgan fingerprint density at radius 2 is 1.65 bits per heavy atom. The molecule has 2 aromatic carbocycles. The molecule has 1 atom stereocenters. The van der Waals surface area contributed by atoms with Gasteiger partial charge in [-0.05, 0) is 55.3 Å². The number of fused-ring (bicyclic) bond motifs is 1. The summed E-state index contributed by atoms with van der Waals surface area (Å²) in [6.45, 7) is 3.63. The van der Waals surface area contributed by atoms with Gasteiger partial charge in [-0.2, -0.15) is 13.2 Å². The summed E-state index contributed by atoms with van der Waals surface area (Å²) in [5, 5.41) is 0.923. The first-order valence-electron chi connectivity index (χ1n) is 9.78. The second-order valence-electron chi connectivity index (χ2n) is 7.35. The van der Waals surface area contributed by atoms with Gasteiger partial charge in [0, 0.05) is 29.4 Å². The van der Waals surface area contributed by atoms with Crippen LogP contribution in [0.1, 0.15) is 34.2 Å². The molecule has 0 spiro atoms. The molecule has 158 valence electrons. The number of alkyl halides is 3. The normalized spacial score (nSPS) is 12.7. The minimum atomic E-state index is -4.44. The highest BCUT2D eigenvalue weighted by Crippen LogP contribution is 2.33. The molecule has 0 aliphatic carbocycles. The van der Waals surface area contributed by atoms with Crippen LogP contribution in [0.5, 0.6) is 6.01 Å². The third-order valence-electron chi connectivity index (χ3n) is 4.94. The fraction of sp³-hybridized carbons (Fsp3) is 0.208. The van der Waals surface area contributed by atoms with Gasteiger partial charge in [0.15, 0.2) is 0 Å². The van der Waals surface area contributed by atoms with E-state index in [9.17, 15) is 13.2 Å². The minimum absolute atomic E-state index is 0.137. The van der Waals surface area contributed by atoms with Crippen LogP contribution in [0.3, 0.4) is 0 Å². The second-order valence-corrected chi connectivity index (χ2v) is 7.35. The Kier molecular flexibility index (Phi) is 5.59. The van der Waals surface area contributed by atoms with E-state index in [4.69, 9.17) is 4.74 Å². The molecule has 1 unspecified atom stereocenters. The van der Waals surface area contributed by atoms with Crippen LogP contribution < -0.4 is 4.74 Å². The maximum atomic E-state index is 13.3. The lowest BCUT2D eigenvalue weighted by Gasteiger charge is -2.21. The maximum absolute atomic E-state index is 13.3. The molecule has 0 fully saturated rings. The number of ether oxygens (including phenoxy) is 1. The number of benzene rings is 2. The zero-order valence-electron chi connectivity index (χ0n) is 17.0. The largest absolute Gasteiger partial charge is 0.455 e. The molecule has 31 heavy (non-hydrogen) atoms. The molecule has 4 nitrogen and oxygen atoms in total. The standard InChI is InChI=1S/C24H20F3N3O/c1-15-12-16(2)30-23(29-15)31-22(18-6-5-7-19(13-18)24(25,26)27)14-17-10-11-28-21-9-4-3-8-20(17)21/h3-13,22H,14H2,1-2H3. The summed E-state index contributed by atoms with van der Waals surface area (Å²) in [6.07, 6.45) is -3.14. The van der Waals surface area contributed by atoms with E-state index in [0.29, 0.717) is 12.0 Å². The minimum Gasteiger partial charge on any atom is -0.455 e. The Hall–Kier alpha value is -3.48. The zero-order chi connectivity index (χ0) is 22.0. The van der Waals surface area contributed by atoms with Crippen molar-refractivity contribution in [1.82, 2.24) is 15.0 Å². The lowest BCUT2D eigenvalue weighted by molar-refractivity contribution is -0.137. The molecule has 0 saturated heterocycles. The van der Waals surface area contributed by atoms with Gasteiger partial charge in [0.1, 0.15) is 6.10 Å². The van der Waals surface area contributed by atoms with Crippen LogP contribution in [0.4, 0.5) is 13.2 Å². The lowest BCUT2D eigenvalue weighted by Crippen LogP contribution is -2.15. The SMILES string of the molecule is Cc1cc(C)nc(OC(Cc2ccnc3ccccc23)c2cccc(C(F)(F)F)c2)n1. The van der Waals surface area contributed by atoms with E-state index < -0.39 is 17.8 Å². The highest BCUT2D eigenvalue weighted by atomic mass is 19.4. The van der Waals surface area contributed by atoms with Gasteiger partial charge in [0.25, 0.3) is 0 Å². The number of halogens is 3. The number of para-hydroxylation sites is 1. The molecule has 4 rings (SSSR count). The number of aryl methyl sites for hydroxylation is 2. The molecular formula is C24H20F3N3O. The average molecular weight is 423 g/mol. The van der Waals surface area contributed by atoms with Crippen LogP contribution in [0.2, 0.25) is 0 Å². The van der Waals surface area contributed by atoms with E-state index in [0.717, 1.165) is 40.0 Å². The number of nitrogens with zero attached hydrogens (tertiary/aromatic N) is 3. The van der Waals surface area contributed by atoms with Crippen molar-refractivity contribution in [2.24, 2.45) is 0 Å². The molecule has 0 N–H and O–H groups in total. The van der Waals surface area contributed by atoms with Crippen molar-refractivity contribution >= 4 is 10.9 Å². The highest BCUT2D eigenvalue weighted by Gasteiger charge is 2.31. The summed E-state index contributed by atoms with van der Waals surface area (Å²) in [7, 11) is 0. The van der Waals surface area contributed by atoms with Crippen molar-refractivity contribution < 1.29 is 17.9 Å². The molecule has 0 saturated carbocycles. The fourth-order valence-corrected chi connectivity index (χ4v) is 3.55. The first-order chi connectivity index (χ1) is 14.8. The average Bonchev–Trinajstić information content (AvgIpc) is 2.72. The molecule has 0 aliphatic rings. The predicted molar refractivity (Wildman–Crippen MR) is 112 cm³/mol. The first-order valence-corrected chi connectivity index (χ1v) is 9.78. The monoisotopic (exact) mass is 423 g/mol. The Balaban J connectivity index is 1.77. The van der Waals surface area contributed by atoms with Gasteiger partial charge in [-0.15, -0.1) is 0 Å². The second kappa shape index (κ2) is 8.34. The molecule has 2 heterocycles. The molecule has 0 amide bonds. The van der Waals surface area contributed by atoms with Crippen molar-refractivity contribution in [2.75, 3.05) is 0 Å². The number of hydrogen-bond acceptors (Lipinski definition) is 4. The van der Waals surface area contributed by atoms with Crippen molar-refractivity contribution in [2.45, 2.75) is 32.5 Å². The predicted octanol–water partition coefficient (Wildman–Crippen LogP) is 6.02. The number of aromatic nitrogens is 3. The van der Waals surface area contributed by atoms with E-state index in [2.05, 4.69) is 15.0 Å². The van der Waals surface area contributed by atoms with Gasteiger partial charge in [0.2, 0.25) is 0 Å². The van der Waals surface area contributed by atoms with Crippen molar-refractivity contribution in [1.29, 1.82) is 0 Å². The van der Waals surface area contributed by atoms with Crippen LogP contribution in [0.25, 0.3) is 10.9 Å². The van der Waals surface area contributed by atoms with E-state index in [1.807, 2.05) is 50.2 Å². The summed E-state index contributed by atoms with van der Waals surface area (Å²) in [5.74, 6) is 0. The molecule has 0 radical (unpaired) electrons. The Morgan fingerprint density at radius 3 is 2.39 bits per heavy atom. The van der Waals surface area contributed by atoms with Gasteiger partial charge in [-0.1, -0.05) is 30.3 Å². The Labute approximate surface area is 177 Å². The van der Waals surface area contributed by atoms with Crippen LogP contribution in [-0.2, 0) is 12.6 Å². The molecule has 4 aromatic rings. The van der Waals surface area contributed by atoms with Gasteiger partial charge in [0.05, 0.1) is 11.1 Å². The van der Waals surface area contributed by atoms with Gasteiger partial charge >= 0.3 is 12.2 Å². The Morgan fingerprint density at radius 1 is 0.903 bits per heavy atom. The zero-order valence-corrected chi connectivity index (χ0v) is 17.0. The smallest absolute Gasteiger partial charge is 0.416 e. The quantitative estimate of drug-likeness (QED) is 0.394. The van der Waals surface area contributed by atoms with E-state index in [1.165, 1.54) is 6.07 Å². The Bertz CT molecular complexity index is 1200. The van der Waals surface area contributed by atoms with Crippen molar-refractivity contribution in [3.63, 3.8) is 0 Å². The van der Waals surface area contributed by atoms with E-state index in [-0.39, 0.29) is 6.01 Å². The lowest BCUT2D eigenvalue weighted by atomic mass is 9.97. The van der Waals surface area contributed by atoms with Gasteiger partial charge in [-0.25, -0.2) is 9.97 Å². The van der Waals surface area contributed by atoms with Crippen LogP contribution in [0.15, 0.2) is 66.9 Å². The molecule has 2 aromatic heterocycles. The molecular weight excluding hydrogens is 403 g/mol. The van der Waals surface area contributed by atoms with E-state index >= 15 is 0 Å². The number of hydrogen-bond donors (Lipinski definition) is 0. The third-order valence-corrected chi connectivity index (χ3v) is 4.94. The summed E-state index contributed by atoms with van der Waals surface area (Å²) >= 11 is 0. The summed E-state index contributed by atoms with van der Waals surface area (Å²) < 4.78 is 46.0. The molecule has 0 aliphatic heterocycles. The van der Waals surface area contributed by atoms with Crippen LogP contribution in [-0.4, -0.2) is 15.0 Å².